The fourth-order valence-electron chi connectivity index (χ4n) is 4.80. The maximum atomic E-state index is 5.78. The third kappa shape index (κ3) is 3.88. The van der Waals surface area contributed by atoms with Crippen LogP contribution in [0.5, 0.6) is 0 Å². The molecule has 0 aromatic rings. The molecule has 2 heteroatoms. The van der Waals surface area contributed by atoms with E-state index in [0.29, 0.717) is 5.92 Å². The van der Waals surface area contributed by atoms with Gasteiger partial charge in [0.15, 0.2) is 0 Å². The van der Waals surface area contributed by atoms with Crippen LogP contribution in [0.3, 0.4) is 0 Å². The molecule has 2 rings (SSSR count). The van der Waals surface area contributed by atoms with Gasteiger partial charge >= 0.3 is 0 Å². The summed E-state index contributed by atoms with van der Waals surface area (Å²) in [6.45, 7) is 9.86. The molecular weight excluding hydrogens is 268 g/mol. The SMILES string of the molecule is C=C(N)CCCCC1CC2CCC12CCCCC(C)C(=C)N. The summed E-state index contributed by atoms with van der Waals surface area (Å²) in [5.41, 5.74) is 13.9. The average Bonchev–Trinajstić information content (AvgIpc) is 2.45. The van der Waals surface area contributed by atoms with Crippen LogP contribution < -0.4 is 11.5 Å². The van der Waals surface area contributed by atoms with Crippen LogP contribution in [0.2, 0.25) is 0 Å². The third-order valence-electron chi connectivity index (χ3n) is 6.62. The Morgan fingerprint density at radius 3 is 2.50 bits per heavy atom. The third-order valence-corrected chi connectivity index (χ3v) is 6.62. The summed E-state index contributed by atoms with van der Waals surface area (Å²) in [4.78, 5) is 0. The Hall–Kier alpha value is -0.920. The average molecular weight is 305 g/mol. The number of hydrogen-bond acceptors (Lipinski definition) is 2. The molecule has 2 nitrogen and oxygen atoms in total. The molecule has 22 heavy (non-hydrogen) atoms. The van der Waals surface area contributed by atoms with Crippen LogP contribution >= 0.6 is 0 Å². The maximum absolute atomic E-state index is 5.78. The van der Waals surface area contributed by atoms with Crippen molar-refractivity contribution in [3.8, 4) is 0 Å². The Balaban J connectivity index is 1.65. The van der Waals surface area contributed by atoms with Crippen LogP contribution in [-0.2, 0) is 0 Å². The lowest BCUT2D eigenvalue weighted by Gasteiger charge is -2.65. The van der Waals surface area contributed by atoms with Crippen molar-refractivity contribution in [1.29, 1.82) is 0 Å². The Labute approximate surface area is 137 Å². The highest BCUT2D eigenvalue weighted by molar-refractivity contribution is 5.08. The van der Waals surface area contributed by atoms with Gasteiger partial charge in [0, 0.05) is 11.4 Å². The van der Waals surface area contributed by atoms with E-state index < -0.39 is 0 Å². The maximum Gasteiger partial charge on any atom is 0.00362 e. The van der Waals surface area contributed by atoms with Crippen molar-refractivity contribution < 1.29 is 0 Å². The Kier molecular flexibility index (Phi) is 6.00. The zero-order valence-electron chi connectivity index (χ0n) is 14.6. The molecule has 0 heterocycles. The molecule has 0 aromatic heterocycles. The quantitative estimate of drug-likeness (QED) is 0.521. The summed E-state index contributed by atoms with van der Waals surface area (Å²) < 4.78 is 0. The van der Waals surface area contributed by atoms with E-state index in [1.165, 1.54) is 64.2 Å². The van der Waals surface area contributed by atoms with Gasteiger partial charge in [0.2, 0.25) is 0 Å². The number of allylic oxidation sites excluding steroid dienone is 2. The Morgan fingerprint density at radius 2 is 1.95 bits per heavy atom. The van der Waals surface area contributed by atoms with Crippen LogP contribution in [0.1, 0.15) is 77.6 Å². The number of rotatable bonds is 11. The lowest BCUT2D eigenvalue weighted by Crippen LogP contribution is -2.56. The smallest absolute Gasteiger partial charge is 0.00362 e. The minimum Gasteiger partial charge on any atom is -0.403 e. The minimum absolute atomic E-state index is 0.483. The summed E-state index contributed by atoms with van der Waals surface area (Å²) in [6.07, 6.45) is 14.8. The second kappa shape index (κ2) is 7.57. The molecule has 0 aromatic carbocycles. The summed E-state index contributed by atoms with van der Waals surface area (Å²) in [6, 6.07) is 0. The molecule has 2 saturated carbocycles. The Morgan fingerprint density at radius 1 is 1.18 bits per heavy atom. The largest absolute Gasteiger partial charge is 0.403 e. The van der Waals surface area contributed by atoms with Gasteiger partial charge in [-0.2, -0.15) is 0 Å². The second-order valence-corrected chi connectivity index (χ2v) is 8.03. The molecule has 4 unspecified atom stereocenters. The molecule has 4 atom stereocenters. The first-order valence-electron chi connectivity index (χ1n) is 9.33. The summed E-state index contributed by atoms with van der Waals surface area (Å²) in [7, 11) is 0. The summed E-state index contributed by atoms with van der Waals surface area (Å²) in [5, 5.41) is 0. The number of fused-ring (bicyclic) bond motifs is 1. The molecule has 2 fully saturated rings. The van der Waals surface area contributed by atoms with Crippen LogP contribution in [0.4, 0.5) is 0 Å². The fraction of sp³-hybridized carbons (Fsp3) is 0.800. The van der Waals surface area contributed by atoms with Crippen LogP contribution in [0.15, 0.2) is 24.6 Å². The molecule has 0 saturated heterocycles. The van der Waals surface area contributed by atoms with Crippen molar-refractivity contribution in [2.75, 3.05) is 0 Å². The zero-order valence-corrected chi connectivity index (χ0v) is 14.6. The minimum atomic E-state index is 0.483. The fourth-order valence-corrected chi connectivity index (χ4v) is 4.80. The van der Waals surface area contributed by atoms with Crippen molar-refractivity contribution in [3.05, 3.63) is 24.6 Å². The normalized spacial score (nSPS) is 30.8. The van der Waals surface area contributed by atoms with E-state index in [1.807, 2.05) is 0 Å². The molecule has 2 aliphatic carbocycles. The van der Waals surface area contributed by atoms with Crippen LogP contribution in [0.25, 0.3) is 0 Å². The first-order valence-corrected chi connectivity index (χ1v) is 9.33. The van der Waals surface area contributed by atoms with Crippen molar-refractivity contribution in [2.45, 2.75) is 77.6 Å². The van der Waals surface area contributed by atoms with Gasteiger partial charge in [-0.25, -0.2) is 0 Å². The van der Waals surface area contributed by atoms with E-state index in [9.17, 15) is 0 Å². The predicted octanol–water partition coefficient (Wildman–Crippen LogP) is 5.10. The predicted molar refractivity (Wildman–Crippen MR) is 96.0 cm³/mol. The lowest BCUT2D eigenvalue weighted by atomic mass is 9.40. The molecule has 0 radical (unpaired) electrons. The van der Waals surface area contributed by atoms with Gasteiger partial charge in [-0.1, -0.05) is 39.3 Å². The highest BCUT2D eigenvalue weighted by Gasteiger charge is 2.58. The second-order valence-electron chi connectivity index (χ2n) is 8.03. The van der Waals surface area contributed by atoms with Gasteiger partial charge in [-0.3, -0.25) is 0 Å². The van der Waals surface area contributed by atoms with Crippen LogP contribution in [-0.4, -0.2) is 0 Å². The molecule has 0 amide bonds. The Bertz CT molecular complexity index is 401. The monoisotopic (exact) mass is 304 g/mol. The van der Waals surface area contributed by atoms with Gasteiger partial charge in [0.1, 0.15) is 0 Å². The molecule has 0 bridgehead atoms. The molecule has 2 aliphatic rings. The zero-order chi connectivity index (χ0) is 16.2. The van der Waals surface area contributed by atoms with E-state index >= 15 is 0 Å². The van der Waals surface area contributed by atoms with Gasteiger partial charge in [-0.05, 0) is 74.5 Å². The van der Waals surface area contributed by atoms with Crippen molar-refractivity contribution in [1.82, 2.24) is 0 Å². The van der Waals surface area contributed by atoms with Crippen molar-refractivity contribution in [3.63, 3.8) is 0 Å². The van der Waals surface area contributed by atoms with Gasteiger partial charge in [-0.15, -0.1) is 0 Å². The first-order chi connectivity index (χ1) is 10.5. The molecule has 4 N–H and O–H groups in total. The van der Waals surface area contributed by atoms with E-state index in [4.69, 9.17) is 11.5 Å². The van der Waals surface area contributed by atoms with E-state index in [2.05, 4.69) is 20.1 Å². The summed E-state index contributed by atoms with van der Waals surface area (Å²) >= 11 is 0. The van der Waals surface area contributed by atoms with Crippen LogP contribution in [0, 0.1) is 23.2 Å². The number of nitrogens with two attached hydrogens (primary N) is 2. The molecule has 0 spiro atoms. The molecular formula is C20H36N2. The first kappa shape index (κ1) is 17.4. The summed E-state index contributed by atoms with van der Waals surface area (Å²) in [5.74, 6) is 2.54. The standard InChI is InChI=1S/C20H36N2/c1-15(17(3)22)8-6-7-12-20-13-11-19(20)14-18(20)10-5-4-9-16(2)21/h15,18-19H,2-14,21-22H2,1H3. The van der Waals surface area contributed by atoms with Crippen molar-refractivity contribution in [2.24, 2.45) is 34.6 Å². The van der Waals surface area contributed by atoms with E-state index in [0.717, 1.165) is 35.1 Å². The number of unbranched alkanes of at least 4 members (excludes halogenated alkanes) is 2. The van der Waals surface area contributed by atoms with E-state index in [-0.39, 0.29) is 0 Å². The highest BCUT2D eigenvalue weighted by Crippen LogP contribution is 2.68. The number of hydrogen-bond donors (Lipinski definition) is 2. The lowest BCUT2D eigenvalue weighted by molar-refractivity contribution is -0.152. The van der Waals surface area contributed by atoms with Gasteiger partial charge in [0.25, 0.3) is 0 Å². The van der Waals surface area contributed by atoms with E-state index in [1.54, 1.807) is 0 Å². The van der Waals surface area contributed by atoms with Crippen molar-refractivity contribution >= 4 is 0 Å². The topological polar surface area (TPSA) is 52.0 Å². The van der Waals surface area contributed by atoms with Gasteiger partial charge < -0.3 is 11.5 Å². The van der Waals surface area contributed by atoms with Gasteiger partial charge in [0.05, 0.1) is 0 Å². The highest BCUT2D eigenvalue weighted by atomic mass is 14.6. The molecule has 0 aliphatic heterocycles. The molecule has 126 valence electrons.